The number of halogens is 1. The number of carbonyl (C=O) groups is 2. The lowest BCUT2D eigenvalue weighted by Gasteiger charge is -2.32. The summed E-state index contributed by atoms with van der Waals surface area (Å²) < 4.78 is 18.3. The number of amides is 2. The van der Waals surface area contributed by atoms with Crippen molar-refractivity contribution in [3.8, 4) is 5.75 Å². The predicted octanol–water partition coefficient (Wildman–Crippen LogP) is 2.47. The standard InChI is InChI=1S/C20H22FN3O3/c1-23-9-11-24(12-10-23)20(26)15-5-8-18(27-2)17(13-15)22-19(25)14-3-6-16(21)7-4-14/h3-8,13H,9-12H2,1-2H3,(H,22,25). The van der Waals surface area contributed by atoms with Crippen molar-refractivity contribution >= 4 is 17.5 Å². The van der Waals surface area contributed by atoms with Crippen LogP contribution in [-0.4, -0.2) is 62.0 Å². The van der Waals surface area contributed by atoms with Gasteiger partial charge in [-0.3, -0.25) is 9.59 Å². The molecule has 0 aromatic heterocycles. The number of anilines is 1. The third kappa shape index (κ3) is 4.43. The molecule has 2 aromatic carbocycles. The summed E-state index contributed by atoms with van der Waals surface area (Å²) >= 11 is 0. The van der Waals surface area contributed by atoms with Gasteiger partial charge < -0.3 is 19.9 Å². The number of likely N-dealkylation sites (N-methyl/N-ethyl adjacent to an activating group) is 1. The van der Waals surface area contributed by atoms with Crippen LogP contribution in [0, 0.1) is 5.82 Å². The number of benzene rings is 2. The first-order chi connectivity index (χ1) is 13.0. The Balaban J connectivity index is 1.80. The quantitative estimate of drug-likeness (QED) is 0.897. The van der Waals surface area contributed by atoms with Crippen LogP contribution in [0.25, 0.3) is 0 Å². The third-order valence-corrected chi connectivity index (χ3v) is 4.59. The van der Waals surface area contributed by atoms with Crippen LogP contribution in [0.1, 0.15) is 20.7 Å². The average molecular weight is 371 g/mol. The highest BCUT2D eigenvalue weighted by Gasteiger charge is 2.21. The lowest BCUT2D eigenvalue weighted by atomic mass is 10.1. The summed E-state index contributed by atoms with van der Waals surface area (Å²) in [6, 6.07) is 10.2. The second-order valence-corrected chi connectivity index (χ2v) is 6.47. The highest BCUT2D eigenvalue weighted by Crippen LogP contribution is 2.27. The van der Waals surface area contributed by atoms with Gasteiger partial charge >= 0.3 is 0 Å². The van der Waals surface area contributed by atoms with E-state index in [4.69, 9.17) is 4.74 Å². The maximum Gasteiger partial charge on any atom is 0.255 e. The molecule has 1 saturated heterocycles. The molecule has 7 heteroatoms. The Kier molecular flexibility index (Phi) is 5.71. The Morgan fingerprint density at radius 2 is 1.63 bits per heavy atom. The minimum absolute atomic E-state index is 0.0805. The van der Waals surface area contributed by atoms with E-state index in [1.807, 2.05) is 7.05 Å². The van der Waals surface area contributed by atoms with Crippen LogP contribution in [-0.2, 0) is 0 Å². The second kappa shape index (κ2) is 8.18. The van der Waals surface area contributed by atoms with Gasteiger partial charge in [-0.1, -0.05) is 0 Å². The molecule has 1 heterocycles. The Labute approximate surface area is 157 Å². The molecule has 142 valence electrons. The number of piperazine rings is 1. The third-order valence-electron chi connectivity index (χ3n) is 4.59. The molecule has 0 unspecified atom stereocenters. The van der Waals surface area contributed by atoms with Crippen molar-refractivity contribution in [2.75, 3.05) is 45.7 Å². The van der Waals surface area contributed by atoms with Crippen LogP contribution in [0.15, 0.2) is 42.5 Å². The van der Waals surface area contributed by atoms with Crippen LogP contribution in [0.5, 0.6) is 5.75 Å². The number of rotatable bonds is 4. The molecule has 1 aliphatic heterocycles. The minimum Gasteiger partial charge on any atom is -0.495 e. The molecule has 2 aromatic rings. The molecule has 1 N–H and O–H groups in total. The van der Waals surface area contributed by atoms with Gasteiger partial charge in [0.1, 0.15) is 11.6 Å². The summed E-state index contributed by atoms with van der Waals surface area (Å²) in [6.07, 6.45) is 0. The summed E-state index contributed by atoms with van der Waals surface area (Å²) in [5.74, 6) is -0.454. The first kappa shape index (κ1) is 18.8. The summed E-state index contributed by atoms with van der Waals surface area (Å²) in [4.78, 5) is 29.2. The fourth-order valence-electron chi connectivity index (χ4n) is 2.93. The first-order valence-electron chi connectivity index (χ1n) is 8.70. The zero-order chi connectivity index (χ0) is 19.4. The van der Waals surface area contributed by atoms with Gasteiger partial charge in [0.05, 0.1) is 12.8 Å². The summed E-state index contributed by atoms with van der Waals surface area (Å²) in [5.41, 5.74) is 1.19. The molecule has 0 radical (unpaired) electrons. The van der Waals surface area contributed by atoms with Gasteiger partial charge in [-0.2, -0.15) is 0 Å². The van der Waals surface area contributed by atoms with E-state index < -0.39 is 11.7 Å². The van der Waals surface area contributed by atoms with E-state index in [1.54, 1.807) is 23.1 Å². The largest absolute Gasteiger partial charge is 0.495 e. The SMILES string of the molecule is COc1ccc(C(=O)N2CCN(C)CC2)cc1NC(=O)c1ccc(F)cc1. The zero-order valence-electron chi connectivity index (χ0n) is 15.4. The molecule has 2 amide bonds. The lowest BCUT2D eigenvalue weighted by molar-refractivity contribution is 0.0664. The van der Waals surface area contributed by atoms with E-state index in [9.17, 15) is 14.0 Å². The fraction of sp³-hybridized carbons (Fsp3) is 0.300. The predicted molar refractivity (Wildman–Crippen MR) is 101 cm³/mol. The van der Waals surface area contributed by atoms with Crippen LogP contribution in [0.4, 0.5) is 10.1 Å². The fourth-order valence-corrected chi connectivity index (χ4v) is 2.93. The van der Waals surface area contributed by atoms with Crippen molar-refractivity contribution in [1.82, 2.24) is 9.80 Å². The van der Waals surface area contributed by atoms with Crippen molar-refractivity contribution in [3.63, 3.8) is 0 Å². The molecule has 0 atom stereocenters. The van der Waals surface area contributed by atoms with Gasteiger partial charge in [-0.25, -0.2) is 4.39 Å². The number of methoxy groups -OCH3 is 1. The molecule has 27 heavy (non-hydrogen) atoms. The lowest BCUT2D eigenvalue weighted by Crippen LogP contribution is -2.47. The van der Waals surface area contributed by atoms with Gasteiger partial charge in [0.25, 0.3) is 11.8 Å². The molecular formula is C20H22FN3O3. The van der Waals surface area contributed by atoms with E-state index in [0.29, 0.717) is 35.7 Å². The minimum atomic E-state index is -0.413. The molecule has 0 aliphatic carbocycles. The number of nitrogens with one attached hydrogen (secondary N) is 1. The van der Waals surface area contributed by atoms with Crippen LogP contribution >= 0.6 is 0 Å². The summed E-state index contributed by atoms with van der Waals surface area (Å²) in [5, 5.41) is 2.74. The van der Waals surface area contributed by atoms with Crippen LogP contribution in [0.2, 0.25) is 0 Å². The monoisotopic (exact) mass is 371 g/mol. The molecule has 1 fully saturated rings. The van der Waals surface area contributed by atoms with Gasteiger partial charge in [0.2, 0.25) is 0 Å². The van der Waals surface area contributed by atoms with Gasteiger partial charge in [-0.15, -0.1) is 0 Å². The van der Waals surface area contributed by atoms with Crippen molar-refractivity contribution < 1.29 is 18.7 Å². The molecular weight excluding hydrogens is 349 g/mol. The Bertz CT molecular complexity index is 831. The first-order valence-corrected chi connectivity index (χ1v) is 8.70. The van der Waals surface area contributed by atoms with Gasteiger partial charge in [0.15, 0.2) is 0 Å². The Morgan fingerprint density at radius 1 is 1.00 bits per heavy atom. The van der Waals surface area contributed by atoms with E-state index in [-0.39, 0.29) is 5.91 Å². The highest BCUT2D eigenvalue weighted by atomic mass is 19.1. The Hall–Kier alpha value is -2.93. The smallest absolute Gasteiger partial charge is 0.255 e. The van der Waals surface area contributed by atoms with Gasteiger partial charge in [-0.05, 0) is 49.5 Å². The number of hydrogen-bond acceptors (Lipinski definition) is 4. The molecule has 0 spiro atoms. The van der Waals surface area contributed by atoms with Crippen LogP contribution < -0.4 is 10.1 Å². The Morgan fingerprint density at radius 3 is 2.26 bits per heavy atom. The molecule has 1 aliphatic rings. The summed E-state index contributed by atoms with van der Waals surface area (Å²) in [7, 11) is 3.52. The normalized spacial score (nSPS) is 14.7. The molecule has 0 bridgehead atoms. The molecule has 6 nitrogen and oxygen atoms in total. The van der Waals surface area contributed by atoms with Crippen molar-refractivity contribution in [3.05, 3.63) is 59.4 Å². The molecule has 0 saturated carbocycles. The van der Waals surface area contributed by atoms with E-state index in [0.717, 1.165) is 13.1 Å². The number of nitrogens with zero attached hydrogens (tertiary/aromatic N) is 2. The maximum absolute atomic E-state index is 13.0. The second-order valence-electron chi connectivity index (χ2n) is 6.47. The number of hydrogen-bond donors (Lipinski definition) is 1. The van der Waals surface area contributed by atoms with Gasteiger partial charge in [0, 0.05) is 37.3 Å². The highest BCUT2D eigenvalue weighted by molar-refractivity contribution is 6.06. The average Bonchev–Trinajstić information content (AvgIpc) is 2.68. The summed E-state index contributed by atoms with van der Waals surface area (Å²) in [6.45, 7) is 2.99. The van der Waals surface area contributed by atoms with Crippen molar-refractivity contribution in [2.24, 2.45) is 0 Å². The van der Waals surface area contributed by atoms with E-state index in [1.165, 1.54) is 31.4 Å². The zero-order valence-corrected chi connectivity index (χ0v) is 15.4. The maximum atomic E-state index is 13.0. The van der Waals surface area contributed by atoms with Crippen molar-refractivity contribution in [1.29, 1.82) is 0 Å². The number of ether oxygens (including phenoxy) is 1. The topological polar surface area (TPSA) is 61.9 Å². The van der Waals surface area contributed by atoms with E-state index >= 15 is 0 Å². The van der Waals surface area contributed by atoms with Crippen molar-refractivity contribution in [2.45, 2.75) is 0 Å². The molecule has 3 rings (SSSR count). The van der Waals surface area contributed by atoms with E-state index in [2.05, 4.69) is 10.2 Å². The number of carbonyl (C=O) groups excluding carboxylic acids is 2. The van der Waals surface area contributed by atoms with Crippen LogP contribution in [0.3, 0.4) is 0 Å².